The van der Waals surface area contributed by atoms with Crippen LogP contribution in [0.3, 0.4) is 0 Å². The molecular formula is C13H15F3N2O. The van der Waals surface area contributed by atoms with Crippen LogP contribution in [0.15, 0.2) is 18.2 Å². The largest absolute Gasteiger partial charge is 0.418 e. The number of carbonyl (C=O) groups excluding carboxylic acids is 1. The van der Waals surface area contributed by atoms with Gasteiger partial charge in [-0.15, -0.1) is 0 Å². The number of nitrogen functional groups attached to an aromatic ring is 1. The third-order valence-electron chi connectivity index (χ3n) is 3.50. The third-order valence-corrected chi connectivity index (χ3v) is 3.50. The number of likely N-dealkylation sites (N-methyl/N-ethyl adjacent to an activating group) is 1. The Labute approximate surface area is 109 Å². The standard InChI is InChI=1S/C13H15F3N2O/c1-18-7-3-6-10(18)12(19)8-4-2-5-9(11(8)17)13(14,15)16/h2,4-5,10H,3,6-7,17H2,1H3. The van der Waals surface area contributed by atoms with Crippen LogP contribution in [-0.2, 0) is 6.18 Å². The predicted molar refractivity (Wildman–Crippen MR) is 65.8 cm³/mol. The van der Waals surface area contributed by atoms with Gasteiger partial charge in [-0.05, 0) is 38.6 Å². The Balaban J connectivity index is 2.38. The average Bonchev–Trinajstić information content (AvgIpc) is 2.73. The molecule has 1 heterocycles. The number of rotatable bonds is 2. The summed E-state index contributed by atoms with van der Waals surface area (Å²) in [4.78, 5) is 14.1. The fourth-order valence-corrected chi connectivity index (χ4v) is 2.45. The van der Waals surface area contributed by atoms with Gasteiger partial charge in [0.1, 0.15) is 0 Å². The van der Waals surface area contributed by atoms with Gasteiger partial charge in [-0.2, -0.15) is 13.2 Å². The molecule has 1 fully saturated rings. The predicted octanol–water partition coefficient (Wildman–Crippen LogP) is 2.56. The van der Waals surface area contributed by atoms with Crippen LogP contribution in [0.4, 0.5) is 18.9 Å². The summed E-state index contributed by atoms with van der Waals surface area (Å²) in [6, 6.07) is 3.11. The number of Topliss-reactive ketones (excluding diaryl/α,β-unsaturated/α-hetero) is 1. The molecule has 19 heavy (non-hydrogen) atoms. The molecule has 2 rings (SSSR count). The molecule has 0 saturated carbocycles. The van der Waals surface area contributed by atoms with E-state index in [0.717, 1.165) is 19.0 Å². The monoisotopic (exact) mass is 272 g/mol. The van der Waals surface area contributed by atoms with Gasteiger partial charge in [0, 0.05) is 5.56 Å². The van der Waals surface area contributed by atoms with Crippen molar-refractivity contribution in [3.05, 3.63) is 29.3 Å². The smallest absolute Gasteiger partial charge is 0.398 e. The average molecular weight is 272 g/mol. The fourth-order valence-electron chi connectivity index (χ4n) is 2.45. The summed E-state index contributed by atoms with van der Waals surface area (Å²) in [5, 5.41) is 0. The van der Waals surface area contributed by atoms with Crippen molar-refractivity contribution in [3.8, 4) is 0 Å². The summed E-state index contributed by atoms with van der Waals surface area (Å²) in [6.07, 6.45) is -3.02. The number of anilines is 1. The van der Waals surface area contributed by atoms with E-state index in [0.29, 0.717) is 6.42 Å². The first-order valence-electron chi connectivity index (χ1n) is 6.02. The topological polar surface area (TPSA) is 46.3 Å². The lowest BCUT2D eigenvalue weighted by molar-refractivity contribution is -0.136. The highest BCUT2D eigenvalue weighted by Gasteiger charge is 2.36. The van der Waals surface area contributed by atoms with Gasteiger partial charge in [-0.25, -0.2) is 0 Å². The normalized spacial score (nSPS) is 20.7. The SMILES string of the molecule is CN1CCCC1C(=O)c1cccc(C(F)(F)F)c1N. The highest BCUT2D eigenvalue weighted by molar-refractivity contribution is 6.04. The van der Waals surface area contributed by atoms with E-state index in [1.165, 1.54) is 12.1 Å². The molecule has 0 bridgehead atoms. The van der Waals surface area contributed by atoms with E-state index in [-0.39, 0.29) is 17.4 Å². The number of para-hydroxylation sites is 1. The van der Waals surface area contributed by atoms with Crippen LogP contribution < -0.4 is 5.73 Å². The van der Waals surface area contributed by atoms with Gasteiger partial charge in [0.05, 0.1) is 17.3 Å². The van der Waals surface area contributed by atoms with Crippen LogP contribution >= 0.6 is 0 Å². The van der Waals surface area contributed by atoms with E-state index >= 15 is 0 Å². The molecule has 0 aliphatic carbocycles. The second kappa shape index (κ2) is 4.85. The Kier molecular flexibility index (Phi) is 3.54. The first-order valence-corrected chi connectivity index (χ1v) is 6.02. The summed E-state index contributed by atoms with van der Waals surface area (Å²) in [5.41, 5.74) is 4.07. The van der Waals surface area contributed by atoms with Gasteiger partial charge in [-0.1, -0.05) is 6.07 Å². The first-order chi connectivity index (χ1) is 8.82. The Bertz CT molecular complexity index is 499. The van der Waals surface area contributed by atoms with E-state index in [2.05, 4.69) is 0 Å². The maximum atomic E-state index is 12.7. The highest BCUT2D eigenvalue weighted by atomic mass is 19.4. The van der Waals surface area contributed by atoms with Crippen LogP contribution in [0.25, 0.3) is 0 Å². The lowest BCUT2D eigenvalue weighted by Gasteiger charge is -2.20. The van der Waals surface area contributed by atoms with Crippen LogP contribution in [0.1, 0.15) is 28.8 Å². The molecule has 3 nitrogen and oxygen atoms in total. The molecular weight excluding hydrogens is 257 g/mol. The second-order valence-electron chi connectivity index (χ2n) is 4.77. The number of hydrogen-bond donors (Lipinski definition) is 1. The van der Waals surface area contributed by atoms with Gasteiger partial charge < -0.3 is 5.73 Å². The fraction of sp³-hybridized carbons (Fsp3) is 0.462. The molecule has 2 N–H and O–H groups in total. The van der Waals surface area contributed by atoms with Crippen molar-refractivity contribution in [2.24, 2.45) is 0 Å². The van der Waals surface area contributed by atoms with Crippen molar-refractivity contribution in [1.82, 2.24) is 4.90 Å². The number of alkyl halides is 3. The Morgan fingerprint density at radius 3 is 2.63 bits per heavy atom. The quantitative estimate of drug-likeness (QED) is 0.665. The van der Waals surface area contributed by atoms with E-state index in [9.17, 15) is 18.0 Å². The molecule has 1 saturated heterocycles. The molecule has 0 radical (unpaired) electrons. The molecule has 104 valence electrons. The second-order valence-corrected chi connectivity index (χ2v) is 4.77. The molecule has 1 aliphatic rings. The van der Waals surface area contributed by atoms with Crippen LogP contribution in [0.2, 0.25) is 0 Å². The van der Waals surface area contributed by atoms with E-state index < -0.39 is 17.4 Å². The first kappa shape index (κ1) is 13.9. The molecule has 0 aromatic heterocycles. The highest BCUT2D eigenvalue weighted by Crippen LogP contribution is 2.35. The Hall–Kier alpha value is -1.56. The zero-order valence-corrected chi connectivity index (χ0v) is 10.5. The number of nitrogens with zero attached hydrogens (tertiary/aromatic N) is 1. The number of benzene rings is 1. The number of carbonyl (C=O) groups is 1. The number of ketones is 1. The molecule has 1 atom stereocenters. The van der Waals surface area contributed by atoms with Gasteiger partial charge in [0.2, 0.25) is 0 Å². The number of nitrogens with two attached hydrogens (primary N) is 1. The Morgan fingerprint density at radius 1 is 1.42 bits per heavy atom. The minimum absolute atomic E-state index is 0.0337. The minimum Gasteiger partial charge on any atom is -0.398 e. The van der Waals surface area contributed by atoms with Gasteiger partial charge in [0.15, 0.2) is 5.78 Å². The van der Waals surface area contributed by atoms with Gasteiger partial charge >= 0.3 is 6.18 Å². The van der Waals surface area contributed by atoms with Crippen LogP contribution in [0, 0.1) is 0 Å². The van der Waals surface area contributed by atoms with Crippen molar-refractivity contribution in [2.45, 2.75) is 25.1 Å². The van der Waals surface area contributed by atoms with Gasteiger partial charge in [0.25, 0.3) is 0 Å². The molecule has 1 aromatic rings. The summed E-state index contributed by atoms with van der Waals surface area (Å²) < 4.78 is 38.2. The van der Waals surface area contributed by atoms with E-state index in [4.69, 9.17) is 5.73 Å². The van der Waals surface area contributed by atoms with Crippen LogP contribution in [0.5, 0.6) is 0 Å². The maximum absolute atomic E-state index is 12.7. The maximum Gasteiger partial charge on any atom is 0.418 e. The summed E-state index contributed by atoms with van der Waals surface area (Å²) in [5.74, 6) is -0.330. The zero-order valence-electron chi connectivity index (χ0n) is 10.5. The van der Waals surface area contributed by atoms with E-state index in [1.807, 2.05) is 4.90 Å². The lowest BCUT2D eigenvalue weighted by Crippen LogP contribution is -2.33. The van der Waals surface area contributed by atoms with Gasteiger partial charge in [-0.3, -0.25) is 9.69 Å². The third kappa shape index (κ3) is 2.58. The molecule has 1 aliphatic heterocycles. The number of likely N-dealkylation sites (tertiary alicyclic amines) is 1. The summed E-state index contributed by atoms with van der Waals surface area (Å²) >= 11 is 0. The van der Waals surface area contributed by atoms with Crippen molar-refractivity contribution < 1.29 is 18.0 Å². The minimum atomic E-state index is -4.54. The van der Waals surface area contributed by atoms with E-state index in [1.54, 1.807) is 7.05 Å². The zero-order chi connectivity index (χ0) is 14.2. The molecule has 0 amide bonds. The van der Waals surface area contributed by atoms with Crippen molar-refractivity contribution in [3.63, 3.8) is 0 Å². The van der Waals surface area contributed by atoms with Crippen molar-refractivity contribution in [1.29, 1.82) is 0 Å². The molecule has 6 heteroatoms. The number of hydrogen-bond acceptors (Lipinski definition) is 3. The van der Waals surface area contributed by atoms with Crippen molar-refractivity contribution in [2.75, 3.05) is 19.3 Å². The molecule has 1 aromatic carbocycles. The van der Waals surface area contributed by atoms with Crippen molar-refractivity contribution >= 4 is 11.5 Å². The van der Waals surface area contributed by atoms with Crippen LogP contribution in [-0.4, -0.2) is 30.3 Å². The molecule has 0 spiro atoms. The Morgan fingerprint density at radius 2 is 2.11 bits per heavy atom. The summed E-state index contributed by atoms with van der Waals surface area (Å²) in [7, 11) is 1.79. The summed E-state index contributed by atoms with van der Waals surface area (Å²) in [6.45, 7) is 0.773. The lowest BCUT2D eigenvalue weighted by atomic mass is 9.98. The number of halogens is 3. The molecule has 1 unspecified atom stereocenters.